The van der Waals surface area contributed by atoms with E-state index in [-0.39, 0.29) is 17.2 Å². The molecule has 2 aromatic heterocycles. The zero-order valence-electron chi connectivity index (χ0n) is 12.8. The Bertz CT molecular complexity index is 847. The number of aliphatic carboxylic acids is 1. The molecule has 10 heteroatoms. The Hall–Kier alpha value is -1.71. The maximum Gasteiger partial charge on any atom is 0.321 e. The van der Waals surface area contributed by atoms with Crippen LogP contribution in [0.5, 0.6) is 0 Å². The summed E-state index contributed by atoms with van der Waals surface area (Å²) < 4.78 is 28.2. The minimum atomic E-state index is -4.04. The van der Waals surface area contributed by atoms with Gasteiger partial charge in [-0.1, -0.05) is 25.4 Å². The molecule has 0 fully saturated rings. The number of aryl methyl sites for hydroxylation is 1. The number of sulfonamides is 1. The molecule has 0 radical (unpaired) electrons. The number of carboxylic acids is 1. The molecule has 126 valence electrons. The molecular weight excluding hydrogens is 344 g/mol. The quantitative estimate of drug-likeness (QED) is 0.806. The van der Waals surface area contributed by atoms with Gasteiger partial charge in [-0.05, 0) is 19.3 Å². The van der Waals surface area contributed by atoms with Crippen molar-refractivity contribution in [1.29, 1.82) is 0 Å². The fourth-order valence-electron chi connectivity index (χ4n) is 2.06. The van der Waals surface area contributed by atoms with Gasteiger partial charge < -0.3 is 5.11 Å². The van der Waals surface area contributed by atoms with E-state index in [0.29, 0.717) is 16.4 Å². The van der Waals surface area contributed by atoms with Gasteiger partial charge in [0.2, 0.25) is 10.0 Å². The zero-order chi connectivity index (χ0) is 17.4. The van der Waals surface area contributed by atoms with Crippen LogP contribution in [0.1, 0.15) is 26.0 Å². The molecule has 2 aromatic rings. The van der Waals surface area contributed by atoms with E-state index in [1.807, 2.05) is 13.8 Å². The summed E-state index contributed by atoms with van der Waals surface area (Å²) in [4.78, 5) is 15.0. The molecule has 0 aliphatic rings. The van der Waals surface area contributed by atoms with Crippen molar-refractivity contribution in [2.24, 2.45) is 5.92 Å². The second kappa shape index (κ2) is 6.42. The molecular formula is C13H17ClN4O4S. The van der Waals surface area contributed by atoms with Crippen LogP contribution in [0.3, 0.4) is 0 Å². The van der Waals surface area contributed by atoms with Gasteiger partial charge in [0.15, 0.2) is 5.65 Å². The maximum atomic E-state index is 12.4. The lowest BCUT2D eigenvalue weighted by atomic mass is 10.1. The number of hydrogen-bond acceptors (Lipinski definition) is 5. The second-order valence-corrected chi connectivity index (χ2v) is 7.69. The monoisotopic (exact) mass is 360 g/mol. The zero-order valence-corrected chi connectivity index (χ0v) is 14.4. The summed E-state index contributed by atoms with van der Waals surface area (Å²) in [6.07, 6.45) is 2.55. The van der Waals surface area contributed by atoms with Crippen LogP contribution in [-0.2, 0) is 14.8 Å². The average molecular weight is 361 g/mol. The van der Waals surface area contributed by atoms with E-state index in [1.165, 1.54) is 10.7 Å². The molecule has 0 saturated carbocycles. The van der Waals surface area contributed by atoms with Crippen LogP contribution in [0, 0.1) is 12.8 Å². The van der Waals surface area contributed by atoms with Crippen molar-refractivity contribution in [1.82, 2.24) is 19.3 Å². The third-order valence-electron chi connectivity index (χ3n) is 3.17. The SMILES string of the molecule is Cc1nn2cc(S(=O)(=O)N[C@@H](CC(C)C)C(=O)O)cnc2c1Cl. The van der Waals surface area contributed by atoms with Gasteiger partial charge in [0.1, 0.15) is 16.0 Å². The molecule has 0 amide bonds. The number of nitrogens with one attached hydrogen (secondary N) is 1. The molecule has 2 N–H and O–H groups in total. The van der Waals surface area contributed by atoms with Crippen molar-refractivity contribution < 1.29 is 18.3 Å². The van der Waals surface area contributed by atoms with Crippen LogP contribution in [0.2, 0.25) is 5.02 Å². The standard InChI is InChI=1S/C13H17ClN4O4S/c1-7(2)4-10(13(19)20)17-23(21,22)9-5-15-12-11(14)8(3)16-18(12)6-9/h5-7,10,17H,4H2,1-3H3,(H,19,20)/t10-/m0/s1. The van der Waals surface area contributed by atoms with Gasteiger partial charge in [0.25, 0.3) is 0 Å². The topological polar surface area (TPSA) is 114 Å². The lowest BCUT2D eigenvalue weighted by Crippen LogP contribution is -2.41. The first-order chi connectivity index (χ1) is 10.6. The maximum absolute atomic E-state index is 12.4. The van der Waals surface area contributed by atoms with Crippen molar-refractivity contribution in [3.8, 4) is 0 Å². The minimum absolute atomic E-state index is 0.0203. The highest BCUT2D eigenvalue weighted by atomic mass is 35.5. The highest BCUT2D eigenvalue weighted by molar-refractivity contribution is 7.89. The minimum Gasteiger partial charge on any atom is -0.480 e. The Kier molecular flexibility index (Phi) is 4.92. The van der Waals surface area contributed by atoms with Crippen LogP contribution >= 0.6 is 11.6 Å². The smallest absolute Gasteiger partial charge is 0.321 e. The predicted molar refractivity (Wildman–Crippen MR) is 83.9 cm³/mol. The van der Waals surface area contributed by atoms with Gasteiger partial charge >= 0.3 is 5.97 Å². The van der Waals surface area contributed by atoms with Crippen molar-refractivity contribution in [3.63, 3.8) is 0 Å². The number of halogens is 1. The first kappa shape index (κ1) is 17.6. The first-order valence-electron chi connectivity index (χ1n) is 6.87. The Morgan fingerprint density at radius 1 is 1.48 bits per heavy atom. The molecule has 1 atom stereocenters. The molecule has 0 unspecified atom stereocenters. The van der Waals surface area contributed by atoms with E-state index < -0.39 is 22.0 Å². The van der Waals surface area contributed by atoms with Gasteiger partial charge in [0.05, 0.1) is 18.1 Å². The van der Waals surface area contributed by atoms with Gasteiger partial charge in [-0.25, -0.2) is 17.9 Å². The lowest BCUT2D eigenvalue weighted by Gasteiger charge is -2.16. The first-order valence-corrected chi connectivity index (χ1v) is 8.73. The van der Waals surface area contributed by atoms with Gasteiger partial charge in [-0.3, -0.25) is 4.79 Å². The number of aromatic nitrogens is 3. The van der Waals surface area contributed by atoms with E-state index in [2.05, 4.69) is 14.8 Å². The number of carboxylic acid groups (broad SMARTS) is 1. The van der Waals surface area contributed by atoms with Gasteiger partial charge in [0, 0.05) is 0 Å². The molecule has 8 nitrogen and oxygen atoms in total. The molecule has 0 spiro atoms. The lowest BCUT2D eigenvalue weighted by molar-refractivity contribution is -0.139. The highest BCUT2D eigenvalue weighted by Crippen LogP contribution is 2.20. The van der Waals surface area contributed by atoms with Crippen LogP contribution < -0.4 is 4.72 Å². The summed E-state index contributed by atoms with van der Waals surface area (Å²) in [5.74, 6) is -1.21. The average Bonchev–Trinajstić information content (AvgIpc) is 2.72. The fourth-order valence-corrected chi connectivity index (χ4v) is 3.38. The van der Waals surface area contributed by atoms with E-state index in [9.17, 15) is 13.2 Å². The van der Waals surface area contributed by atoms with Crippen molar-refractivity contribution >= 4 is 33.2 Å². The summed E-state index contributed by atoms with van der Waals surface area (Å²) in [7, 11) is -4.04. The number of nitrogens with zero attached hydrogens (tertiary/aromatic N) is 3. The molecule has 2 rings (SSSR count). The molecule has 0 saturated heterocycles. The third-order valence-corrected chi connectivity index (χ3v) is 5.03. The normalized spacial score (nSPS) is 13.6. The molecule has 23 heavy (non-hydrogen) atoms. The van der Waals surface area contributed by atoms with Crippen LogP contribution in [-0.4, -0.2) is 40.1 Å². The number of fused-ring (bicyclic) bond motifs is 1. The Morgan fingerprint density at radius 3 is 2.70 bits per heavy atom. The number of carbonyl (C=O) groups is 1. The largest absolute Gasteiger partial charge is 0.480 e. The third kappa shape index (κ3) is 3.80. The summed E-state index contributed by atoms with van der Waals surface area (Å²) in [6, 6.07) is -1.21. The highest BCUT2D eigenvalue weighted by Gasteiger charge is 2.27. The van der Waals surface area contributed by atoms with Crippen LogP contribution in [0.4, 0.5) is 0 Å². The summed E-state index contributed by atoms with van der Waals surface area (Å²) in [5, 5.41) is 13.6. The van der Waals surface area contributed by atoms with Gasteiger partial charge in [-0.15, -0.1) is 0 Å². The predicted octanol–water partition coefficient (Wildman–Crippen LogP) is 1.47. The molecule has 0 aromatic carbocycles. The van der Waals surface area contributed by atoms with Crippen molar-refractivity contribution in [2.45, 2.75) is 38.1 Å². The van der Waals surface area contributed by atoms with E-state index >= 15 is 0 Å². The van der Waals surface area contributed by atoms with Crippen LogP contribution in [0.15, 0.2) is 17.3 Å². The second-order valence-electron chi connectivity index (χ2n) is 5.60. The summed E-state index contributed by atoms with van der Waals surface area (Å²) >= 11 is 6.00. The summed E-state index contributed by atoms with van der Waals surface area (Å²) in [6.45, 7) is 5.30. The fraction of sp³-hybridized carbons (Fsp3) is 0.462. The number of hydrogen-bond donors (Lipinski definition) is 2. The van der Waals surface area contributed by atoms with E-state index in [0.717, 1.165) is 6.20 Å². The Balaban J connectivity index is 2.36. The molecule has 2 heterocycles. The van der Waals surface area contributed by atoms with Crippen LogP contribution in [0.25, 0.3) is 5.65 Å². The summed E-state index contributed by atoms with van der Waals surface area (Å²) in [5.41, 5.74) is 0.852. The molecule has 0 bridgehead atoms. The molecule has 0 aliphatic heterocycles. The van der Waals surface area contributed by atoms with E-state index in [4.69, 9.17) is 16.7 Å². The van der Waals surface area contributed by atoms with Gasteiger partial charge in [-0.2, -0.15) is 9.82 Å². The van der Waals surface area contributed by atoms with Crippen molar-refractivity contribution in [3.05, 3.63) is 23.1 Å². The van der Waals surface area contributed by atoms with E-state index in [1.54, 1.807) is 6.92 Å². The Morgan fingerprint density at radius 2 is 2.13 bits per heavy atom. The van der Waals surface area contributed by atoms with Crippen molar-refractivity contribution in [2.75, 3.05) is 0 Å². The number of rotatable bonds is 6. The molecule has 0 aliphatic carbocycles. The Labute approximate surface area is 138 Å².